The largest absolute Gasteiger partial charge is 0.388 e. The van der Waals surface area contributed by atoms with E-state index in [0.29, 0.717) is 22.7 Å². The highest BCUT2D eigenvalue weighted by molar-refractivity contribution is 5.49. The lowest BCUT2D eigenvalue weighted by atomic mass is 9.33. The summed E-state index contributed by atoms with van der Waals surface area (Å²) in [5.74, 6) is 2.53. The minimum atomic E-state index is 0.125. The summed E-state index contributed by atoms with van der Waals surface area (Å²) in [7, 11) is 0. The average molecular weight is 591 g/mol. The van der Waals surface area contributed by atoms with E-state index in [1.165, 1.54) is 138 Å². The summed E-state index contributed by atoms with van der Waals surface area (Å²) in [4.78, 5) is 0. The van der Waals surface area contributed by atoms with Crippen molar-refractivity contribution in [2.45, 2.75) is 152 Å². The SMILES string of the molecule is CCCC12CC3(C)CC(c4ccc(OC#N)c(C5CCCCC5)c4)(C1)CC(c1ccc(OC#N)c(C4CCCCC4)c1)(C3)C2. The number of nitriles is 2. The number of benzene rings is 2. The highest BCUT2D eigenvalue weighted by Crippen LogP contribution is 2.75. The lowest BCUT2D eigenvalue weighted by Crippen LogP contribution is -2.63. The third-order valence-corrected chi connectivity index (χ3v) is 12.9. The zero-order chi connectivity index (χ0) is 30.4. The first kappa shape index (κ1) is 29.7. The summed E-state index contributed by atoms with van der Waals surface area (Å²) >= 11 is 0. The molecule has 6 aliphatic carbocycles. The first-order chi connectivity index (χ1) is 21.3. The van der Waals surface area contributed by atoms with E-state index in [2.05, 4.69) is 50.2 Å². The second-order valence-corrected chi connectivity index (χ2v) is 16.2. The molecule has 0 amide bonds. The molecule has 8 rings (SSSR count). The third-order valence-electron chi connectivity index (χ3n) is 12.9. The van der Waals surface area contributed by atoms with Crippen LogP contribution in [-0.4, -0.2) is 0 Å². The first-order valence-electron chi connectivity index (χ1n) is 17.8. The Hall–Kier alpha value is -2.98. The predicted octanol–water partition coefficient (Wildman–Crippen LogP) is 10.9. The van der Waals surface area contributed by atoms with Gasteiger partial charge in [-0.1, -0.05) is 83.1 Å². The highest BCUT2D eigenvalue weighted by atomic mass is 16.5. The van der Waals surface area contributed by atoms with Crippen LogP contribution in [0.25, 0.3) is 0 Å². The summed E-state index contributed by atoms with van der Waals surface area (Å²) < 4.78 is 11.2. The van der Waals surface area contributed by atoms with Gasteiger partial charge in [-0.3, -0.25) is 0 Å². The Morgan fingerprint density at radius 2 is 1.14 bits per heavy atom. The molecule has 0 aromatic heterocycles. The van der Waals surface area contributed by atoms with E-state index in [0.717, 1.165) is 11.5 Å². The van der Waals surface area contributed by atoms with Gasteiger partial charge in [-0.15, -0.1) is 10.5 Å². The fraction of sp³-hybridized carbons (Fsp3) is 0.650. The van der Waals surface area contributed by atoms with E-state index in [4.69, 9.17) is 9.47 Å². The Bertz CT molecular complexity index is 1370. The predicted molar refractivity (Wildman–Crippen MR) is 174 cm³/mol. The van der Waals surface area contributed by atoms with Gasteiger partial charge in [0.1, 0.15) is 11.5 Å². The van der Waals surface area contributed by atoms with Crippen LogP contribution < -0.4 is 9.47 Å². The molecule has 2 aromatic rings. The van der Waals surface area contributed by atoms with E-state index in [9.17, 15) is 10.5 Å². The zero-order valence-corrected chi connectivity index (χ0v) is 27.1. The van der Waals surface area contributed by atoms with Crippen LogP contribution in [0.1, 0.15) is 164 Å². The molecule has 0 N–H and O–H groups in total. The van der Waals surface area contributed by atoms with Gasteiger partial charge in [-0.2, -0.15) is 0 Å². The fourth-order valence-corrected chi connectivity index (χ4v) is 12.3. The quantitative estimate of drug-likeness (QED) is 0.287. The van der Waals surface area contributed by atoms with Crippen LogP contribution in [0.2, 0.25) is 0 Å². The molecule has 44 heavy (non-hydrogen) atoms. The molecule has 4 bridgehead atoms. The van der Waals surface area contributed by atoms with Gasteiger partial charge in [0.05, 0.1) is 0 Å². The molecule has 4 nitrogen and oxygen atoms in total. The van der Waals surface area contributed by atoms with Gasteiger partial charge in [-0.25, -0.2) is 0 Å². The number of rotatable bonds is 8. The maximum Gasteiger partial charge on any atom is 0.292 e. The first-order valence-corrected chi connectivity index (χ1v) is 17.8. The molecular weight excluding hydrogens is 540 g/mol. The molecule has 0 aliphatic heterocycles. The number of hydrogen-bond donors (Lipinski definition) is 0. The number of hydrogen-bond acceptors (Lipinski definition) is 4. The van der Waals surface area contributed by atoms with Crippen molar-refractivity contribution in [3.8, 4) is 24.0 Å². The van der Waals surface area contributed by atoms with Gasteiger partial charge >= 0.3 is 0 Å². The molecule has 2 unspecified atom stereocenters. The standard InChI is InChI=1S/C40H50N2O2/c1-3-18-38-21-37(2)22-39(24-38,31-14-16-35(43-27-41)33(19-31)29-10-6-4-7-11-29)26-40(23-37,25-38)32-15-17-36(44-28-42)34(20-32)30-12-8-5-9-13-30/h14-17,19-20,29-30H,3-13,18,21-26H2,1-2H3. The van der Waals surface area contributed by atoms with Crippen molar-refractivity contribution >= 4 is 0 Å². The molecule has 0 spiro atoms. The molecule has 6 aliphatic rings. The van der Waals surface area contributed by atoms with Gasteiger partial charge in [-0.05, 0) is 139 Å². The van der Waals surface area contributed by atoms with Crippen LogP contribution >= 0.6 is 0 Å². The minimum absolute atomic E-state index is 0.125. The van der Waals surface area contributed by atoms with Crippen LogP contribution in [-0.2, 0) is 10.8 Å². The summed E-state index contributed by atoms with van der Waals surface area (Å²) in [5, 5.41) is 19.0. The Balaban J connectivity index is 1.35. The van der Waals surface area contributed by atoms with Gasteiger partial charge in [0.2, 0.25) is 0 Å². The molecule has 4 heteroatoms. The van der Waals surface area contributed by atoms with E-state index in [1.807, 2.05) is 12.5 Å². The summed E-state index contributed by atoms with van der Waals surface area (Å²) in [6.45, 7) is 4.98. The molecule has 0 radical (unpaired) electrons. The Kier molecular flexibility index (Phi) is 7.72. The normalized spacial score (nSPS) is 33.5. The van der Waals surface area contributed by atoms with Gasteiger partial charge in [0, 0.05) is 0 Å². The van der Waals surface area contributed by atoms with Crippen LogP contribution in [0.5, 0.6) is 11.5 Å². The molecule has 2 aromatic carbocycles. The molecule has 232 valence electrons. The van der Waals surface area contributed by atoms with E-state index >= 15 is 0 Å². The molecule has 6 saturated carbocycles. The topological polar surface area (TPSA) is 66.0 Å². The molecule has 0 heterocycles. The van der Waals surface area contributed by atoms with Crippen molar-refractivity contribution in [1.82, 2.24) is 0 Å². The highest BCUT2D eigenvalue weighted by Gasteiger charge is 2.67. The van der Waals surface area contributed by atoms with Crippen molar-refractivity contribution in [2.24, 2.45) is 10.8 Å². The minimum Gasteiger partial charge on any atom is -0.388 e. The van der Waals surface area contributed by atoms with Crippen LogP contribution in [0, 0.1) is 33.9 Å². The van der Waals surface area contributed by atoms with Gasteiger partial charge < -0.3 is 9.47 Å². The average Bonchev–Trinajstić information content (AvgIpc) is 3.01. The lowest BCUT2D eigenvalue weighted by Gasteiger charge is -2.71. The maximum atomic E-state index is 9.50. The van der Waals surface area contributed by atoms with Crippen molar-refractivity contribution in [1.29, 1.82) is 10.5 Å². The molecule has 6 fully saturated rings. The second kappa shape index (κ2) is 11.4. The number of nitrogens with zero attached hydrogens (tertiary/aromatic N) is 2. The van der Waals surface area contributed by atoms with Crippen molar-refractivity contribution < 1.29 is 9.47 Å². The fourth-order valence-electron chi connectivity index (χ4n) is 12.3. The smallest absolute Gasteiger partial charge is 0.292 e. The van der Waals surface area contributed by atoms with Crippen molar-refractivity contribution in [3.05, 3.63) is 58.7 Å². The Morgan fingerprint density at radius 3 is 1.57 bits per heavy atom. The van der Waals surface area contributed by atoms with Gasteiger partial charge in [0.15, 0.2) is 0 Å². The zero-order valence-electron chi connectivity index (χ0n) is 27.1. The van der Waals surface area contributed by atoms with Crippen LogP contribution in [0.3, 0.4) is 0 Å². The Morgan fingerprint density at radius 1 is 0.659 bits per heavy atom. The molecular formula is C40H50N2O2. The lowest BCUT2D eigenvalue weighted by molar-refractivity contribution is -0.138. The van der Waals surface area contributed by atoms with Gasteiger partial charge in [0.25, 0.3) is 12.5 Å². The van der Waals surface area contributed by atoms with E-state index in [1.54, 1.807) is 0 Å². The van der Waals surface area contributed by atoms with Crippen molar-refractivity contribution in [2.75, 3.05) is 0 Å². The Labute approximate surface area is 265 Å². The van der Waals surface area contributed by atoms with Crippen molar-refractivity contribution in [3.63, 3.8) is 0 Å². The monoisotopic (exact) mass is 590 g/mol. The van der Waals surface area contributed by atoms with E-state index in [-0.39, 0.29) is 10.8 Å². The van der Waals surface area contributed by atoms with E-state index < -0.39 is 0 Å². The second-order valence-electron chi connectivity index (χ2n) is 16.2. The summed E-state index contributed by atoms with van der Waals surface area (Å²) in [6.07, 6.45) is 26.6. The van der Waals surface area contributed by atoms with Crippen LogP contribution in [0.15, 0.2) is 36.4 Å². The third kappa shape index (κ3) is 5.11. The molecule has 2 atom stereocenters. The number of ether oxygens (including phenoxy) is 2. The maximum absolute atomic E-state index is 9.50. The molecule has 0 saturated heterocycles. The van der Waals surface area contributed by atoms with Crippen LogP contribution in [0.4, 0.5) is 0 Å². The summed E-state index contributed by atoms with van der Waals surface area (Å²) in [6, 6.07) is 13.9. The summed E-state index contributed by atoms with van der Waals surface area (Å²) in [5.41, 5.74) is 6.44.